The highest BCUT2D eigenvalue weighted by Gasteiger charge is 2.17. The minimum Gasteiger partial charge on any atom is -0.494 e. The summed E-state index contributed by atoms with van der Waals surface area (Å²) in [5.74, 6) is 1.12. The Morgan fingerprint density at radius 1 is 1.47 bits per heavy atom. The van der Waals surface area contributed by atoms with Crippen LogP contribution in [0, 0.1) is 0 Å². The molecule has 0 aliphatic carbocycles. The molecule has 17 heavy (non-hydrogen) atoms. The van der Waals surface area contributed by atoms with Crippen molar-refractivity contribution >= 4 is 5.78 Å². The lowest BCUT2D eigenvalue weighted by molar-refractivity contribution is 0.0942. The molecular weight excluding hydrogens is 216 g/mol. The highest BCUT2D eigenvalue weighted by molar-refractivity contribution is 6.07. The monoisotopic (exact) mass is 232 g/mol. The molecule has 1 aliphatic rings. The molecule has 1 aromatic carbocycles. The predicted octanol–water partition coefficient (Wildman–Crippen LogP) is 2.96. The molecule has 0 bridgehead atoms. The summed E-state index contributed by atoms with van der Waals surface area (Å²) in [5.41, 5.74) is 0.617. The number of ether oxygens (including phenoxy) is 2. The van der Waals surface area contributed by atoms with Gasteiger partial charge in [0.25, 0.3) is 0 Å². The van der Waals surface area contributed by atoms with Crippen molar-refractivity contribution in [2.24, 2.45) is 0 Å². The fraction of sp³-hybridized carbons (Fsp3) is 0.357. The zero-order valence-corrected chi connectivity index (χ0v) is 9.94. The van der Waals surface area contributed by atoms with Gasteiger partial charge in [0.2, 0.25) is 5.78 Å². The number of rotatable bonds is 5. The Labute approximate surface area is 101 Å². The maximum Gasteiger partial charge on any atom is 0.227 e. The molecule has 1 aromatic rings. The fourth-order valence-electron chi connectivity index (χ4n) is 1.67. The highest BCUT2D eigenvalue weighted by atomic mass is 16.5. The van der Waals surface area contributed by atoms with E-state index in [4.69, 9.17) is 9.47 Å². The molecule has 0 radical (unpaired) electrons. The molecule has 0 aromatic heterocycles. The summed E-state index contributed by atoms with van der Waals surface area (Å²) in [6.45, 7) is 3.32. The van der Waals surface area contributed by atoms with Crippen molar-refractivity contribution < 1.29 is 14.3 Å². The number of benzene rings is 1. The Kier molecular flexibility index (Phi) is 3.81. The Morgan fingerprint density at radius 3 is 3.06 bits per heavy atom. The average Bonchev–Trinajstić information content (AvgIpc) is 2.89. The van der Waals surface area contributed by atoms with Crippen molar-refractivity contribution in [2.45, 2.75) is 19.8 Å². The van der Waals surface area contributed by atoms with Crippen LogP contribution in [-0.2, 0) is 4.74 Å². The van der Waals surface area contributed by atoms with Crippen molar-refractivity contribution in [3.8, 4) is 5.75 Å². The summed E-state index contributed by atoms with van der Waals surface area (Å²) in [5, 5.41) is 0. The molecule has 3 nitrogen and oxygen atoms in total. The molecule has 0 spiro atoms. The predicted molar refractivity (Wildman–Crippen MR) is 65.2 cm³/mol. The zero-order chi connectivity index (χ0) is 12.1. The van der Waals surface area contributed by atoms with Crippen LogP contribution < -0.4 is 4.74 Å². The Balaban J connectivity index is 2.12. The van der Waals surface area contributed by atoms with E-state index in [2.05, 4.69) is 0 Å². The molecule has 1 aliphatic heterocycles. The van der Waals surface area contributed by atoms with Crippen molar-refractivity contribution in [1.82, 2.24) is 0 Å². The van der Waals surface area contributed by atoms with E-state index in [1.807, 2.05) is 25.1 Å². The molecule has 0 amide bonds. The van der Waals surface area contributed by atoms with Crippen molar-refractivity contribution in [3.05, 3.63) is 41.7 Å². The number of ketones is 1. The summed E-state index contributed by atoms with van der Waals surface area (Å²) in [6.07, 6.45) is 3.60. The lowest BCUT2D eigenvalue weighted by atomic mass is 10.1. The van der Waals surface area contributed by atoms with Crippen LogP contribution in [0.3, 0.4) is 0 Å². The third kappa shape index (κ3) is 2.87. The molecule has 0 fully saturated rings. The van der Waals surface area contributed by atoms with E-state index in [1.54, 1.807) is 12.1 Å². The maximum atomic E-state index is 12.0. The number of hydrogen-bond donors (Lipinski definition) is 0. The topological polar surface area (TPSA) is 35.5 Å². The SMILES string of the molecule is CCCOc1cccc(C(=O)C2=CCCO2)c1. The molecular formula is C14H16O3. The van der Waals surface area contributed by atoms with Gasteiger partial charge in [0.15, 0.2) is 5.76 Å². The Hall–Kier alpha value is -1.77. The van der Waals surface area contributed by atoms with Gasteiger partial charge in [0.1, 0.15) is 5.75 Å². The van der Waals surface area contributed by atoms with Crippen LogP contribution in [0.25, 0.3) is 0 Å². The molecule has 0 atom stereocenters. The van der Waals surface area contributed by atoms with Crippen molar-refractivity contribution in [3.63, 3.8) is 0 Å². The lowest BCUT2D eigenvalue weighted by Gasteiger charge is -2.07. The summed E-state index contributed by atoms with van der Waals surface area (Å²) in [4.78, 5) is 12.0. The summed E-state index contributed by atoms with van der Waals surface area (Å²) >= 11 is 0. The van der Waals surface area contributed by atoms with Gasteiger partial charge in [-0.1, -0.05) is 19.1 Å². The first-order chi connectivity index (χ1) is 8.31. The van der Waals surface area contributed by atoms with E-state index in [1.165, 1.54) is 0 Å². The van der Waals surface area contributed by atoms with Gasteiger partial charge in [0, 0.05) is 12.0 Å². The molecule has 0 N–H and O–H groups in total. The quantitative estimate of drug-likeness (QED) is 0.732. The number of carbonyl (C=O) groups is 1. The van der Waals surface area contributed by atoms with Crippen LogP contribution in [0.2, 0.25) is 0 Å². The Bertz CT molecular complexity index is 435. The van der Waals surface area contributed by atoms with Crippen LogP contribution in [0.5, 0.6) is 5.75 Å². The van der Waals surface area contributed by atoms with Gasteiger partial charge in [-0.25, -0.2) is 0 Å². The van der Waals surface area contributed by atoms with Crippen LogP contribution >= 0.6 is 0 Å². The highest BCUT2D eigenvalue weighted by Crippen LogP contribution is 2.19. The van der Waals surface area contributed by atoms with Crippen LogP contribution in [-0.4, -0.2) is 19.0 Å². The summed E-state index contributed by atoms with van der Waals surface area (Å²) in [7, 11) is 0. The fourth-order valence-corrected chi connectivity index (χ4v) is 1.67. The molecule has 0 saturated carbocycles. The van der Waals surface area contributed by atoms with Gasteiger partial charge in [-0.2, -0.15) is 0 Å². The maximum absolute atomic E-state index is 12.0. The number of hydrogen-bond acceptors (Lipinski definition) is 3. The van der Waals surface area contributed by atoms with Crippen molar-refractivity contribution in [1.29, 1.82) is 0 Å². The van der Waals surface area contributed by atoms with Gasteiger partial charge < -0.3 is 9.47 Å². The van der Waals surface area contributed by atoms with E-state index in [0.29, 0.717) is 24.5 Å². The largest absolute Gasteiger partial charge is 0.494 e. The molecule has 3 heteroatoms. The van der Waals surface area contributed by atoms with Gasteiger partial charge in [0.05, 0.1) is 13.2 Å². The van der Waals surface area contributed by atoms with Crippen LogP contribution in [0.1, 0.15) is 30.1 Å². The van der Waals surface area contributed by atoms with E-state index >= 15 is 0 Å². The zero-order valence-electron chi connectivity index (χ0n) is 9.94. The third-order valence-corrected chi connectivity index (χ3v) is 2.50. The first-order valence-corrected chi connectivity index (χ1v) is 5.92. The third-order valence-electron chi connectivity index (χ3n) is 2.50. The molecule has 0 unspecified atom stereocenters. The normalized spacial score (nSPS) is 14.1. The molecule has 2 rings (SSSR count). The number of carbonyl (C=O) groups excluding carboxylic acids is 1. The van der Waals surface area contributed by atoms with Gasteiger partial charge in [-0.15, -0.1) is 0 Å². The second kappa shape index (κ2) is 5.53. The van der Waals surface area contributed by atoms with E-state index in [9.17, 15) is 4.79 Å². The smallest absolute Gasteiger partial charge is 0.227 e. The minimum absolute atomic E-state index is 0.0653. The first-order valence-electron chi connectivity index (χ1n) is 5.92. The molecule has 1 heterocycles. The average molecular weight is 232 g/mol. The summed E-state index contributed by atoms with van der Waals surface area (Å²) in [6, 6.07) is 7.23. The number of allylic oxidation sites excluding steroid dienone is 1. The van der Waals surface area contributed by atoms with Crippen molar-refractivity contribution in [2.75, 3.05) is 13.2 Å². The first kappa shape index (κ1) is 11.7. The standard InChI is InChI=1S/C14H16O3/c1-2-8-16-12-6-3-5-11(10-12)14(15)13-7-4-9-17-13/h3,5-7,10H,2,4,8-9H2,1H3. The molecule has 90 valence electrons. The Morgan fingerprint density at radius 2 is 2.35 bits per heavy atom. The minimum atomic E-state index is -0.0653. The molecule has 0 saturated heterocycles. The van der Waals surface area contributed by atoms with Crippen LogP contribution in [0.4, 0.5) is 0 Å². The van der Waals surface area contributed by atoms with Crippen LogP contribution in [0.15, 0.2) is 36.1 Å². The van der Waals surface area contributed by atoms with E-state index in [0.717, 1.165) is 18.6 Å². The van der Waals surface area contributed by atoms with Gasteiger partial charge in [-0.3, -0.25) is 4.79 Å². The second-order valence-corrected chi connectivity index (χ2v) is 3.91. The summed E-state index contributed by atoms with van der Waals surface area (Å²) < 4.78 is 10.8. The second-order valence-electron chi connectivity index (χ2n) is 3.91. The van der Waals surface area contributed by atoms with E-state index < -0.39 is 0 Å². The number of Topliss-reactive ketones (excluding diaryl/α,β-unsaturated/α-hetero) is 1. The van der Waals surface area contributed by atoms with Gasteiger partial charge in [-0.05, 0) is 24.6 Å². The van der Waals surface area contributed by atoms with E-state index in [-0.39, 0.29) is 5.78 Å². The van der Waals surface area contributed by atoms with Gasteiger partial charge >= 0.3 is 0 Å². The lowest BCUT2D eigenvalue weighted by Crippen LogP contribution is -2.04.